The monoisotopic (exact) mass is 448 g/mol. The molecule has 2 amide bonds. The van der Waals surface area contributed by atoms with E-state index in [9.17, 15) is 18.8 Å². The van der Waals surface area contributed by atoms with Crippen molar-refractivity contribution in [1.29, 1.82) is 0 Å². The lowest BCUT2D eigenvalue weighted by molar-refractivity contribution is -0.126. The second-order valence-electron chi connectivity index (χ2n) is 8.60. The minimum Gasteiger partial charge on any atom is -0.450 e. The molecule has 0 N–H and O–H groups in total. The lowest BCUT2D eigenvalue weighted by atomic mass is 9.83. The summed E-state index contributed by atoms with van der Waals surface area (Å²) in [6.07, 6.45) is 1.36. The van der Waals surface area contributed by atoms with Gasteiger partial charge in [0.15, 0.2) is 11.0 Å². The summed E-state index contributed by atoms with van der Waals surface area (Å²) in [5.74, 6) is -1.69. The minimum atomic E-state index is -1.67. The van der Waals surface area contributed by atoms with Crippen molar-refractivity contribution in [3.8, 4) is 0 Å². The fourth-order valence-corrected chi connectivity index (χ4v) is 5.52. The van der Waals surface area contributed by atoms with Crippen LogP contribution in [0, 0.1) is 5.82 Å². The summed E-state index contributed by atoms with van der Waals surface area (Å²) in [5, 5.41) is 0.000112. The molecule has 168 valence electrons. The van der Waals surface area contributed by atoms with Crippen LogP contribution in [0.5, 0.6) is 0 Å². The smallest absolute Gasteiger partial charge is 0.291 e. The van der Waals surface area contributed by atoms with E-state index in [0.717, 1.165) is 18.9 Å². The van der Waals surface area contributed by atoms with Crippen molar-refractivity contribution in [1.82, 2.24) is 4.90 Å². The number of halogens is 1. The molecule has 1 aromatic heterocycles. The van der Waals surface area contributed by atoms with Gasteiger partial charge in [-0.2, -0.15) is 0 Å². The molecule has 0 radical (unpaired) electrons. The highest BCUT2D eigenvalue weighted by atomic mass is 19.1. The number of carbonyl (C=O) groups excluding carboxylic acids is 2. The Bertz CT molecular complexity index is 1390. The van der Waals surface area contributed by atoms with Gasteiger partial charge in [0, 0.05) is 25.3 Å². The highest BCUT2D eigenvalue weighted by molar-refractivity contribution is 6.17. The van der Waals surface area contributed by atoms with Crippen LogP contribution >= 0.6 is 0 Å². The van der Waals surface area contributed by atoms with Crippen LogP contribution in [0.25, 0.3) is 11.0 Å². The number of amides is 2. The molecule has 2 aromatic carbocycles. The molecule has 3 aromatic rings. The van der Waals surface area contributed by atoms with Crippen LogP contribution in [-0.2, 0) is 15.1 Å². The van der Waals surface area contributed by atoms with E-state index >= 15 is 0 Å². The highest BCUT2D eigenvalue weighted by Gasteiger charge is 2.65. The summed E-state index contributed by atoms with van der Waals surface area (Å²) in [7, 11) is 0. The molecule has 1 spiro atoms. The standard InChI is InChI=1S/C25H21FN2O5/c1-2-27-18-8-4-3-7-17(18)25(24(27)31)20-21(29)16-12-14(26)9-10-19(16)33-22(20)23(30)28(25)13-15-6-5-11-32-15/h3-4,7-10,12,15H,2,5-6,11,13H2,1H3/t15-,25+/m0/s1. The molecule has 0 unspecified atom stereocenters. The Morgan fingerprint density at radius 3 is 2.73 bits per heavy atom. The lowest BCUT2D eigenvalue weighted by Crippen LogP contribution is -2.55. The number of carbonyl (C=O) groups is 2. The largest absolute Gasteiger partial charge is 0.450 e. The van der Waals surface area contributed by atoms with Gasteiger partial charge in [0.25, 0.3) is 11.8 Å². The average molecular weight is 448 g/mol. The number of nitrogens with zero attached hydrogens (tertiary/aromatic N) is 2. The average Bonchev–Trinajstić information content (AvgIpc) is 3.48. The molecule has 2 atom stereocenters. The van der Waals surface area contributed by atoms with Crippen molar-refractivity contribution in [3.05, 3.63) is 75.4 Å². The van der Waals surface area contributed by atoms with Crippen molar-refractivity contribution in [3.63, 3.8) is 0 Å². The molecule has 0 saturated carbocycles. The molecule has 0 bridgehead atoms. The van der Waals surface area contributed by atoms with E-state index in [-0.39, 0.29) is 40.8 Å². The van der Waals surface area contributed by atoms with Crippen LogP contribution in [0.1, 0.15) is 41.4 Å². The first-order valence-electron chi connectivity index (χ1n) is 11.1. The summed E-state index contributed by atoms with van der Waals surface area (Å²) in [5.41, 5.74) is -1.00. The molecular formula is C25H21FN2O5. The predicted octanol–water partition coefficient (Wildman–Crippen LogP) is 3.18. The molecule has 6 rings (SSSR count). The number of rotatable bonds is 3. The van der Waals surface area contributed by atoms with Gasteiger partial charge in [0.1, 0.15) is 11.4 Å². The van der Waals surface area contributed by atoms with Gasteiger partial charge in [-0.25, -0.2) is 4.39 Å². The van der Waals surface area contributed by atoms with Gasteiger partial charge in [-0.15, -0.1) is 0 Å². The van der Waals surface area contributed by atoms with Crippen molar-refractivity contribution in [2.24, 2.45) is 0 Å². The topological polar surface area (TPSA) is 80.1 Å². The molecule has 0 aliphatic carbocycles. The predicted molar refractivity (Wildman–Crippen MR) is 118 cm³/mol. The zero-order valence-corrected chi connectivity index (χ0v) is 18.0. The number of ether oxygens (including phenoxy) is 1. The molecule has 3 aliphatic rings. The normalized spacial score (nSPS) is 23.8. The number of benzene rings is 2. The zero-order chi connectivity index (χ0) is 22.9. The number of hydrogen-bond acceptors (Lipinski definition) is 5. The van der Waals surface area contributed by atoms with Crippen molar-refractivity contribution >= 4 is 28.5 Å². The van der Waals surface area contributed by atoms with Crippen LogP contribution in [0.15, 0.2) is 51.7 Å². The molecule has 1 fully saturated rings. The van der Waals surface area contributed by atoms with Gasteiger partial charge >= 0.3 is 0 Å². The minimum absolute atomic E-state index is 0.000112. The van der Waals surface area contributed by atoms with Crippen LogP contribution in [0.2, 0.25) is 0 Å². The van der Waals surface area contributed by atoms with Gasteiger partial charge in [0.05, 0.1) is 22.7 Å². The SMILES string of the molecule is CCN1C(=O)[C@@]2(c3ccccc31)c1c(oc3ccc(F)cc3c1=O)C(=O)N2C[C@@H]1CCCO1. The maximum atomic E-state index is 14.1. The third-order valence-corrected chi connectivity index (χ3v) is 6.92. The summed E-state index contributed by atoms with van der Waals surface area (Å²) in [4.78, 5) is 44.7. The quantitative estimate of drug-likeness (QED) is 0.615. The van der Waals surface area contributed by atoms with Crippen molar-refractivity contribution in [2.45, 2.75) is 31.4 Å². The lowest BCUT2D eigenvalue weighted by Gasteiger charge is -2.35. The number of fused-ring (bicyclic) bond motifs is 5. The third-order valence-electron chi connectivity index (χ3n) is 6.92. The fourth-order valence-electron chi connectivity index (χ4n) is 5.52. The summed E-state index contributed by atoms with van der Waals surface area (Å²) < 4.78 is 25.7. The molecule has 3 aliphatic heterocycles. The number of para-hydroxylation sites is 1. The van der Waals surface area contributed by atoms with Gasteiger partial charge in [-0.05, 0) is 44.0 Å². The number of hydrogen-bond donors (Lipinski definition) is 0. The van der Waals surface area contributed by atoms with Crippen LogP contribution in [0.4, 0.5) is 10.1 Å². The Labute approximate surface area is 188 Å². The second kappa shape index (κ2) is 6.99. The van der Waals surface area contributed by atoms with Crippen LogP contribution < -0.4 is 10.3 Å². The Hall–Kier alpha value is -3.52. The second-order valence-corrected chi connectivity index (χ2v) is 8.60. The maximum Gasteiger partial charge on any atom is 0.291 e. The number of anilines is 1. The van der Waals surface area contributed by atoms with Crippen molar-refractivity contribution in [2.75, 3.05) is 24.6 Å². The first-order valence-corrected chi connectivity index (χ1v) is 11.1. The van der Waals surface area contributed by atoms with E-state index in [4.69, 9.17) is 9.15 Å². The van der Waals surface area contributed by atoms with Crippen molar-refractivity contribution < 1.29 is 23.1 Å². The van der Waals surface area contributed by atoms with Crippen LogP contribution in [0.3, 0.4) is 0 Å². The van der Waals surface area contributed by atoms with Gasteiger partial charge < -0.3 is 19.0 Å². The van der Waals surface area contributed by atoms with E-state index in [2.05, 4.69) is 0 Å². The Kier molecular flexibility index (Phi) is 4.26. The maximum absolute atomic E-state index is 14.1. The molecule has 1 saturated heterocycles. The van der Waals surface area contributed by atoms with Crippen LogP contribution in [-0.4, -0.2) is 42.5 Å². The molecule has 8 heteroatoms. The van der Waals surface area contributed by atoms with E-state index in [1.807, 2.05) is 13.0 Å². The van der Waals surface area contributed by atoms with E-state index in [1.165, 1.54) is 17.0 Å². The zero-order valence-electron chi connectivity index (χ0n) is 18.0. The Morgan fingerprint density at radius 1 is 1.15 bits per heavy atom. The summed E-state index contributed by atoms with van der Waals surface area (Å²) in [6, 6.07) is 10.8. The molecule has 4 heterocycles. The Balaban J connectivity index is 1.70. The number of likely N-dealkylation sites (N-methyl/N-ethyl adjacent to an activating group) is 1. The highest BCUT2D eigenvalue weighted by Crippen LogP contribution is 2.52. The molecular weight excluding hydrogens is 427 g/mol. The fraction of sp³-hybridized carbons (Fsp3) is 0.320. The van der Waals surface area contributed by atoms with E-state index < -0.39 is 22.7 Å². The van der Waals surface area contributed by atoms with Gasteiger partial charge in [0.2, 0.25) is 5.76 Å². The summed E-state index contributed by atoms with van der Waals surface area (Å²) in [6.45, 7) is 2.93. The molecule has 7 nitrogen and oxygen atoms in total. The first-order chi connectivity index (χ1) is 16.0. The molecule has 33 heavy (non-hydrogen) atoms. The first kappa shape index (κ1) is 20.1. The van der Waals surface area contributed by atoms with E-state index in [0.29, 0.717) is 24.4 Å². The summed E-state index contributed by atoms with van der Waals surface area (Å²) >= 11 is 0. The van der Waals surface area contributed by atoms with Gasteiger partial charge in [-0.3, -0.25) is 14.4 Å². The van der Waals surface area contributed by atoms with E-state index in [1.54, 1.807) is 23.1 Å². The van der Waals surface area contributed by atoms with Gasteiger partial charge in [-0.1, -0.05) is 18.2 Å². The third kappa shape index (κ3) is 2.49. The Morgan fingerprint density at radius 2 is 1.97 bits per heavy atom.